The van der Waals surface area contributed by atoms with E-state index in [2.05, 4.69) is 0 Å². The smallest absolute Gasteiger partial charge is 0.203 e. The van der Waals surface area contributed by atoms with Crippen molar-refractivity contribution in [2.24, 2.45) is 7.05 Å². The molecule has 0 fully saturated rings. The minimum atomic E-state index is -0.331. The molecule has 1 aromatic heterocycles. The van der Waals surface area contributed by atoms with E-state index in [4.69, 9.17) is 18.9 Å². The molecule has 0 bridgehead atoms. The predicted octanol–water partition coefficient (Wildman–Crippen LogP) is 2.43. The third-order valence-corrected chi connectivity index (χ3v) is 4.32. The van der Waals surface area contributed by atoms with E-state index >= 15 is 0 Å². The van der Waals surface area contributed by atoms with Gasteiger partial charge in [0.25, 0.3) is 0 Å². The van der Waals surface area contributed by atoms with E-state index in [0.29, 0.717) is 33.7 Å². The van der Waals surface area contributed by atoms with Crippen molar-refractivity contribution < 1.29 is 24.1 Å². The number of aryl methyl sites for hydroxylation is 1. The number of aromatic nitrogens is 1. The maximum absolute atomic E-state index is 13.0. The average molecular weight is 345 g/mol. The van der Waals surface area contributed by atoms with Crippen LogP contribution in [0.5, 0.6) is 28.7 Å². The van der Waals surface area contributed by atoms with Crippen LogP contribution in [0.3, 0.4) is 0 Å². The van der Waals surface area contributed by atoms with Crippen LogP contribution in [-0.2, 0) is 7.05 Å². The lowest BCUT2D eigenvalue weighted by atomic mass is 10.1. The maximum Gasteiger partial charge on any atom is 0.203 e. The quantitative estimate of drug-likeness (QED) is 0.732. The number of benzene rings is 2. The number of hydrogen-bond donors (Lipinski definition) is 1. The third-order valence-electron chi connectivity index (χ3n) is 4.32. The van der Waals surface area contributed by atoms with Crippen LogP contribution in [0.15, 0.2) is 23.0 Å². The summed E-state index contributed by atoms with van der Waals surface area (Å²) >= 11 is 0. The van der Waals surface area contributed by atoms with Gasteiger partial charge in [0, 0.05) is 19.2 Å². The van der Waals surface area contributed by atoms with Gasteiger partial charge in [0.05, 0.1) is 50.2 Å². The number of pyridine rings is 1. The fourth-order valence-corrected chi connectivity index (χ4v) is 3.04. The summed E-state index contributed by atoms with van der Waals surface area (Å²) in [5.41, 5.74) is 0.823. The standard InChI is InChI=1S/C18H19NO6/c1-19-10-7-13(23-3)12(22-2)6-9(10)16(20)15-11(19)8-14(24-4)18(25-5)17(15)21/h6-8,21H,1-5H3. The lowest BCUT2D eigenvalue weighted by Crippen LogP contribution is -2.11. The number of ether oxygens (including phenoxy) is 4. The van der Waals surface area contributed by atoms with Gasteiger partial charge in [-0.2, -0.15) is 0 Å². The highest BCUT2D eigenvalue weighted by atomic mass is 16.5. The Kier molecular flexibility index (Phi) is 4.08. The molecule has 1 N–H and O–H groups in total. The van der Waals surface area contributed by atoms with Crippen LogP contribution in [0.25, 0.3) is 21.8 Å². The second kappa shape index (κ2) is 6.08. The lowest BCUT2D eigenvalue weighted by molar-refractivity contribution is 0.335. The number of rotatable bonds is 4. The largest absolute Gasteiger partial charge is 0.504 e. The number of aromatic hydroxyl groups is 1. The molecule has 0 spiro atoms. The fourth-order valence-electron chi connectivity index (χ4n) is 3.04. The predicted molar refractivity (Wildman–Crippen MR) is 94.6 cm³/mol. The van der Waals surface area contributed by atoms with Crippen molar-refractivity contribution in [3.05, 3.63) is 28.4 Å². The van der Waals surface area contributed by atoms with Gasteiger partial charge in [0.2, 0.25) is 11.2 Å². The van der Waals surface area contributed by atoms with Crippen LogP contribution < -0.4 is 24.4 Å². The molecular weight excluding hydrogens is 326 g/mol. The van der Waals surface area contributed by atoms with E-state index in [-0.39, 0.29) is 22.3 Å². The van der Waals surface area contributed by atoms with Gasteiger partial charge in [-0.1, -0.05) is 0 Å². The number of nitrogens with zero attached hydrogens (tertiary/aromatic N) is 1. The molecule has 2 aromatic carbocycles. The second-order valence-electron chi connectivity index (χ2n) is 5.47. The minimum absolute atomic E-state index is 0.118. The van der Waals surface area contributed by atoms with Crippen molar-refractivity contribution in [1.29, 1.82) is 0 Å². The SMILES string of the molecule is COc1cc2c(=O)c3c(O)c(OC)c(OC)cc3n(C)c2cc1OC. The number of fused-ring (bicyclic) bond motifs is 2. The van der Waals surface area contributed by atoms with Crippen LogP contribution >= 0.6 is 0 Å². The molecule has 0 saturated carbocycles. The Morgan fingerprint density at radius 2 is 1.40 bits per heavy atom. The first-order valence-electron chi connectivity index (χ1n) is 7.50. The third kappa shape index (κ3) is 2.31. The number of phenols is 1. The molecule has 0 aliphatic carbocycles. The first-order chi connectivity index (χ1) is 12.0. The van der Waals surface area contributed by atoms with E-state index in [9.17, 15) is 9.90 Å². The van der Waals surface area contributed by atoms with Crippen molar-refractivity contribution in [3.8, 4) is 28.7 Å². The summed E-state index contributed by atoms with van der Waals surface area (Å²) in [5, 5.41) is 11.1. The highest BCUT2D eigenvalue weighted by Gasteiger charge is 2.21. The van der Waals surface area contributed by atoms with Gasteiger partial charge in [0.15, 0.2) is 23.0 Å². The number of phenolic OH excluding ortho intramolecular Hbond substituents is 1. The second-order valence-corrected chi connectivity index (χ2v) is 5.47. The summed E-state index contributed by atoms with van der Waals surface area (Å²) in [5.74, 6) is 1.14. The summed E-state index contributed by atoms with van der Waals surface area (Å²) in [7, 11) is 7.70. The monoisotopic (exact) mass is 345 g/mol. The number of methoxy groups -OCH3 is 4. The van der Waals surface area contributed by atoms with Gasteiger partial charge in [-0.15, -0.1) is 0 Å². The first kappa shape index (κ1) is 16.8. The first-order valence-corrected chi connectivity index (χ1v) is 7.50. The molecule has 0 radical (unpaired) electrons. The molecule has 0 saturated heterocycles. The number of hydrogen-bond acceptors (Lipinski definition) is 6. The molecule has 132 valence electrons. The molecule has 25 heavy (non-hydrogen) atoms. The Labute approximate surface area is 143 Å². The van der Waals surface area contributed by atoms with E-state index in [1.165, 1.54) is 28.4 Å². The minimum Gasteiger partial charge on any atom is -0.504 e. The normalized spacial score (nSPS) is 10.9. The fraction of sp³-hybridized carbons (Fsp3) is 0.278. The van der Waals surface area contributed by atoms with Gasteiger partial charge >= 0.3 is 0 Å². The molecule has 7 nitrogen and oxygen atoms in total. The highest BCUT2D eigenvalue weighted by Crippen LogP contribution is 2.42. The molecule has 7 heteroatoms. The summed E-state index contributed by atoms with van der Waals surface area (Å²) in [4.78, 5) is 13.0. The topological polar surface area (TPSA) is 79.2 Å². The molecule has 3 rings (SSSR count). The average Bonchev–Trinajstić information content (AvgIpc) is 2.64. The van der Waals surface area contributed by atoms with E-state index in [1.54, 1.807) is 29.8 Å². The molecule has 3 aromatic rings. The molecule has 0 unspecified atom stereocenters. The van der Waals surface area contributed by atoms with Crippen molar-refractivity contribution in [1.82, 2.24) is 4.57 Å². The van der Waals surface area contributed by atoms with Crippen molar-refractivity contribution in [2.75, 3.05) is 28.4 Å². The molecule has 1 heterocycles. The van der Waals surface area contributed by atoms with Crippen molar-refractivity contribution in [3.63, 3.8) is 0 Å². The molecule has 0 aliphatic rings. The zero-order valence-corrected chi connectivity index (χ0v) is 14.7. The maximum atomic E-state index is 13.0. The van der Waals surface area contributed by atoms with Gasteiger partial charge in [-0.25, -0.2) is 0 Å². The van der Waals surface area contributed by atoms with Gasteiger partial charge in [-0.3, -0.25) is 4.79 Å². The highest BCUT2D eigenvalue weighted by molar-refractivity contribution is 5.99. The molecule has 0 aliphatic heterocycles. The van der Waals surface area contributed by atoms with Crippen LogP contribution in [0.1, 0.15) is 0 Å². The van der Waals surface area contributed by atoms with Gasteiger partial charge < -0.3 is 28.6 Å². The zero-order chi connectivity index (χ0) is 18.3. The van der Waals surface area contributed by atoms with E-state index in [1.807, 2.05) is 0 Å². The van der Waals surface area contributed by atoms with Crippen LogP contribution in [0.2, 0.25) is 0 Å². The molecule has 0 atom stereocenters. The lowest BCUT2D eigenvalue weighted by Gasteiger charge is -2.17. The summed E-state index contributed by atoms with van der Waals surface area (Å²) in [6, 6.07) is 4.99. The Morgan fingerprint density at radius 1 is 0.840 bits per heavy atom. The van der Waals surface area contributed by atoms with Crippen LogP contribution in [0.4, 0.5) is 0 Å². The summed E-state index contributed by atoms with van der Waals surface area (Å²) in [6.07, 6.45) is 0. The van der Waals surface area contributed by atoms with Crippen LogP contribution in [0, 0.1) is 0 Å². The van der Waals surface area contributed by atoms with E-state index in [0.717, 1.165) is 0 Å². The van der Waals surface area contributed by atoms with Crippen molar-refractivity contribution >= 4 is 21.8 Å². The Hall–Kier alpha value is -3.09. The molecular formula is C18H19NO6. The van der Waals surface area contributed by atoms with Crippen LogP contribution in [-0.4, -0.2) is 38.1 Å². The Morgan fingerprint density at radius 3 is 1.96 bits per heavy atom. The molecule has 0 amide bonds. The summed E-state index contributed by atoms with van der Waals surface area (Å²) < 4.78 is 22.9. The van der Waals surface area contributed by atoms with Crippen molar-refractivity contribution in [2.45, 2.75) is 0 Å². The Balaban J connectivity index is 2.58. The van der Waals surface area contributed by atoms with Gasteiger partial charge in [0.1, 0.15) is 0 Å². The van der Waals surface area contributed by atoms with Gasteiger partial charge in [-0.05, 0) is 6.07 Å². The zero-order valence-electron chi connectivity index (χ0n) is 14.7. The summed E-state index contributed by atoms with van der Waals surface area (Å²) in [6.45, 7) is 0. The van der Waals surface area contributed by atoms with E-state index < -0.39 is 0 Å². The Bertz CT molecular complexity index is 1040.